The Bertz CT molecular complexity index is 523. The summed E-state index contributed by atoms with van der Waals surface area (Å²) < 4.78 is 39.1. The van der Waals surface area contributed by atoms with Gasteiger partial charge in [-0.05, 0) is 13.8 Å². The Morgan fingerprint density at radius 3 is 2.35 bits per heavy atom. The van der Waals surface area contributed by atoms with E-state index in [0.717, 1.165) is 0 Å². The van der Waals surface area contributed by atoms with Crippen molar-refractivity contribution in [1.82, 2.24) is 10.6 Å². The summed E-state index contributed by atoms with van der Waals surface area (Å²) in [7, 11) is 0. The van der Waals surface area contributed by atoms with Crippen LogP contribution >= 0.6 is 0 Å². The Morgan fingerprint density at radius 1 is 1.15 bits per heavy atom. The number of anilines is 1. The molecule has 1 atom stereocenters. The van der Waals surface area contributed by atoms with E-state index in [1.54, 1.807) is 6.92 Å². The molecule has 0 radical (unpaired) electrons. The van der Waals surface area contributed by atoms with Gasteiger partial charge in [-0.3, -0.25) is 10.1 Å². The monoisotopic (exact) mass is 289 g/mol. The largest absolute Gasteiger partial charge is 0.371 e. The van der Waals surface area contributed by atoms with Gasteiger partial charge < -0.3 is 10.6 Å². The molecule has 110 valence electrons. The normalized spacial score (nSPS) is 11.7. The average Bonchev–Trinajstić information content (AvgIpc) is 2.35. The zero-order valence-electron chi connectivity index (χ0n) is 10.9. The molecule has 8 heteroatoms. The quantitative estimate of drug-likeness (QED) is 0.740. The molecule has 5 nitrogen and oxygen atoms in total. The van der Waals surface area contributed by atoms with Crippen molar-refractivity contribution in [3.05, 3.63) is 29.6 Å². The summed E-state index contributed by atoms with van der Waals surface area (Å²) in [5, 5.41) is 6.70. The summed E-state index contributed by atoms with van der Waals surface area (Å²) in [4.78, 5) is 22.7. The highest BCUT2D eigenvalue weighted by Gasteiger charge is 2.18. The minimum atomic E-state index is -1.33. The lowest BCUT2D eigenvalue weighted by molar-refractivity contribution is -0.120. The number of rotatable bonds is 4. The molecule has 0 bridgehead atoms. The maximum atomic E-state index is 13.4. The third kappa shape index (κ3) is 4.15. The lowest BCUT2D eigenvalue weighted by Crippen LogP contribution is -2.45. The van der Waals surface area contributed by atoms with Gasteiger partial charge in [0, 0.05) is 18.7 Å². The van der Waals surface area contributed by atoms with Gasteiger partial charge in [-0.1, -0.05) is 0 Å². The molecule has 1 rings (SSSR count). The number of carbonyl (C=O) groups is 2. The van der Waals surface area contributed by atoms with Crippen molar-refractivity contribution in [2.75, 3.05) is 11.9 Å². The van der Waals surface area contributed by atoms with Crippen molar-refractivity contribution < 1.29 is 22.8 Å². The first kappa shape index (κ1) is 15.8. The van der Waals surface area contributed by atoms with Crippen molar-refractivity contribution in [2.45, 2.75) is 19.9 Å². The van der Waals surface area contributed by atoms with Crippen molar-refractivity contribution in [2.24, 2.45) is 0 Å². The summed E-state index contributed by atoms with van der Waals surface area (Å²) in [6.45, 7) is 3.34. The van der Waals surface area contributed by atoms with Gasteiger partial charge in [0.15, 0.2) is 11.6 Å². The lowest BCUT2D eigenvalue weighted by atomic mass is 10.2. The number of nitrogens with one attached hydrogen (secondary N) is 3. The van der Waals surface area contributed by atoms with Gasteiger partial charge in [-0.15, -0.1) is 0 Å². The summed E-state index contributed by atoms with van der Waals surface area (Å²) in [5.74, 6) is -4.35. The fourth-order valence-electron chi connectivity index (χ4n) is 1.36. The fourth-order valence-corrected chi connectivity index (χ4v) is 1.36. The highest BCUT2D eigenvalue weighted by molar-refractivity contribution is 5.97. The minimum absolute atomic E-state index is 0.332. The zero-order valence-corrected chi connectivity index (χ0v) is 10.9. The third-order valence-electron chi connectivity index (χ3n) is 2.35. The van der Waals surface area contributed by atoms with E-state index in [-0.39, 0.29) is 5.69 Å². The van der Waals surface area contributed by atoms with E-state index in [9.17, 15) is 22.8 Å². The first-order valence-corrected chi connectivity index (χ1v) is 5.85. The van der Waals surface area contributed by atoms with Crippen LogP contribution in [0.4, 0.5) is 23.7 Å². The van der Waals surface area contributed by atoms with Crippen LogP contribution in [0, 0.1) is 17.5 Å². The minimum Gasteiger partial charge on any atom is -0.371 e. The first-order chi connectivity index (χ1) is 9.35. The second-order valence-corrected chi connectivity index (χ2v) is 3.96. The third-order valence-corrected chi connectivity index (χ3v) is 2.35. The second-order valence-electron chi connectivity index (χ2n) is 3.96. The number of halogens is 3. The molecule has 1 aromatic carbocycles. The maximum Gasteiger partial charge on any atom is 0.321 e. The van der Waals surface area contributed by atoms with Gasteiger partial charge in [-0.2, -0.15) is 0 Å². The first-order valence-electron chi connectivity index (χ1n) is 5.85. The van der Waals surface area contributed by atoms with E-state index < -0.39 is 35.4 Å². The number of carbonyl (C=O) groups excluding carboxylic acids is 2. The van der Waals surface area contributed by atoms with E-state index in [0.29, 0.717) is 18.7 Å². The van der Waals surface area contributed by atoms with Crippen molar-refractivity contribution in [1.29, 1.82) is 0 Å². The van der Waals surface area contributed by atoms with E-state index in [1.807, 2.05) is 5.32 Å². The molecule has 0 saturated heterocycles. The predicted octanol–water partition coefficient (Wildman–Crippen LogP) is 1.75. The Balaban J connectivity index is 2.71. The van der Waals surface area contributed by atoms with Crippen LogP contribution in [0.5, 0.6) is 0 Å². The molecule has 0 aromatic heterocycles. The number of imide groups is 1. The molecule has 3 amide bonds. The molecule has 0 saturated carbocycles. The second kappa shape index (κ2) is 6.78. The number of hydrogen-bond donors (Lipinski definition) is 3. The predicted molar refractivity (Wildman–Crippen MR) is 66.6 cm³/mol. The van der Waals surface area contributed by atoms with Gasteiger partial charge in [0.2, 0.25) is 5.91 Å². The fraction of sp³-hybridized carbons (Fsp3) is 0.333. The van der Waals surface area contributed by atoms with Crippen molar-refractivity contribution in [3.63, 3.8) is 0 Å². The van der Waals surface area contributed by atoms with Crippen molar-refractivity contribution in [3.8, 4) is 0 Å². The van der Waals surface area contributed by atoms with Crippen LogP contribution in [-0.4, -0.2) is 24.5 Å². The molecule has 0 spiro atoms. The maximum absolute atomic E-state index is 13.4. The Hall–Kier alpha value is -2.25. The van der Waals surface area contributed by atoms with Gasteiger partial charge in [-0.25, -0.2) is 18.0 Å². The van der Waals surface area contributed by atoms with Gasteiger partial charge in [0.25, 0.3) is 0 Å². The lowest BCUT2D eigenvalue weighted by Gasteiger charge is -2.15. The highest BCUT2D eigenvalue weighted by atomic mass is 19.2. The van der Waals surface area contributed by atoms with Crippen LogP contribution in [0.3, 0.4) is 0 Å². The van der Waals surface area contributed by atoms with Crippen LogP contribution in [-0.2, 0) is 4.79 Å². The Labute approximate surface area is 113 Å². The summed E-state index contributed by atoms with van der Waals surface area (Å²) in [6.07, 6.45) is 0. The molecule has 0 fully saturated rings. The van der Waals surface area contributed by atoms with Crippen molar-refractivity contribution >= 4 is 17.6 Å². The average molecular weight is 289 g/mol. The van der Waals surface area contributed by atoms with Crippen LogP contribution in [0.1, 0.15) is 13.8 Å². The number of amides is 3. The SMILES string of the molecule is CCNC(=O)NC(=O)C(C)Nc1cc(F)c(F)cc1F. The molecule has 3 N–H and O–H groups in total. The molecular formula is C12H14F3N3O2. The number of hydrogen-bond acceptors (Lipinski definition) is 3. The van der Waals surface area contributed by atoms with Gasteiger partial charge >= 0.3 is 6.03 Å². The Morgan fingerprint density at radius 2 is 1.75 bits per heavy atom. The summed E-state index contributed by atoms with van der Waals surface area (Å²) in [6, 6.07) is -0.749. The van der Waals surface area contributed by atoms with E-state index in [4.69, 9.17) is 0 Å². The number of benzene rings is 1. The van der Waals surface area contributed by atoms with Crippen LogP contribution in [0.2, 0.25) is 0 Å². The van der Waals surface area contributed by atoms with E-state index >= 15 is 0 Å². The van der Waals surface area contributed by atoms with Crippen LogP contribution in [0.25, 0.3) is 0 Å². The molecular weight excluding hydrogens is 275 g/mol. The number of urea groups is 1. The Kier molecular flexibility index (Phi) is 5.36. The standard InChI is InChI=1S/C12H14F3N3O2/c1-3-16-12(20)18-11(19)6(2)17-10-5-8(14)7(13)4-9(10)15/h4-6,17H,3H2,1-2H3,(H2,16,18,19,20). The molecule has 0 aliphatic heterocycles. The van der Waals surface area contributed by atoms with Crippen LogP contribution in [0.15, 0.2) is 12.1 Å². The molecule has 0 aliphatic carbocycles. The zero-order chi connectivity index (χ0) is 15.3. The topological polar surface area (TPSA) is 70.2 Å². The van der Waals surface area contributed by atoms with Crippen LogP contribution < -0.4 is 16.0 Å². The summed E-state index contributed by atoms with van der Waals surface area (Å²) >= 11 is 0. The highest BCUT2D eigenvalue weighted by Crippen LogP contribution is 2.19. The van der Waals surface area contributed by atoms with Gasteiger partial charge in [0.05, 0.1) is 5.69 Å². The van der Waals surface area contributed by atoms with E-state index in [2.05, 4.69) is 10.6 Å². The van der Waals surface area contributed by atoms with Gasteiger partial charge in [0.1, 0.15) is 11.9 Å². The molecule has 0 heterocycles. The summed E-state index contributed by atoms with van der Waals surface area (Å²) in [5.41, 5.74) is -0.373. The molecule has 20 heavy (non-hydrogen) atoms. The molecule has 1 aromatic rings. The molecule has 1 unspecified atom stereocenters. The van der Waals surface area contributed by atoms with E-state index in [1.165, 1.54) is 6.92 Å². The molecule has 0 aliphatic rings. The smallest absolute Gasteiger partial charge is 0.321 e.